The van der Waals surface area contributed by atoms with Crippen molar-refractivity contribution in [1.29, 1.82) is 0 Å². The van der Waals surface area contributed by atoms with Gasteiger partial charge in [0, 0.05) is 0 Å². The summed E-state index contributed by atoms with van der Waals surface area (Å²) in [6.07, 6.45) is 18.0. The van der Waals surface area contributed by atoms with Crippen molar-refractivity contribution in [2.24, 2.45) is 57.7 Å². The third-order valence-corrected chi connectivity index (χ3v) is 13.3. The Morgan fingerprint density at radius 1 is 0.842 bits per heavy atom. The molecule has 0 bridgehead atoms. The maximum Gasteiger partial charge on any atom is 0.338 e. The van der Waals surface area contributed by atoms with Gasteiger partial charge in [-0.2, -0.15) is 0 Å². The second-order valence-corrected chi connectivity index (χ2v) is 16.0. The highest BCUT2D eigenvalue weighted by Gasteiger charge is 2.61. The van der Waals surface area contributed by atoms with Crippen molar-refractivity contribution in [2.75, 3.05) is 0 Å². The van der Waals surface area contributed by atoms with Crippen LogP contribution in [0.1, 0.15) is 128 Å². The lowest BCUT2D eigenvalue weighted by molar-refractivity contribution is -0.129. The Hall–Kier alpha value is -1.31. The Kier molecular flexibility index (Phi) is 7.04. The lowest BCUT2D eigenvalue weighted by Gasteiger charge is -2.62. The second-order valence-electron chi connectivity index (χ2n) is 16.0. The average molecular weight is 519 g/mol. The van der Waals surface area contributed by atoms with Crippen LogP contribution in [0.2, 0.25) is 0 Å². The second kappa shape index (κ2) is 9.95. The maximum absolute atomic E-state index is 12.8. The zero-order valence-electron chi connectivity index (χ0n) is 25.0. The predicted molar refractivity (Wildman–Crippen MR) is 156 cm³/mol. The van der Waals surface area contributed by atoms with E-state index in [4.69, 9.17) is 4.74 Å². The van der Waals surface area contributed by atoms with Gasteiger partial charge in [0.25, 0.3) is 0 Å². The molecule has 9 atom stereocenters. The maximum atomic E-state index is 12.8. The molecule has 0 unspecified atom stereocenters. The highest BCUT2D eigenvalue weighted by Crippen LogP contribution is 2.69. The van der Waals surface area contributed by atoms with Gasteiger partial charge in [0.15, 0.2) is 0 Å². The predicted octanol–water partition coefficient (Wildman–Crippen LogP) is 9.72. The third-order valence-electron chi connectivity index (χ3n) is 13.3. The molecule has 1 aromatic carbocycles. The highest BCUT2D eigenvalue weighted by molar-refractivity contribution is 5.89. The average Bonchev–Trinajstić information content (AvgIpc) is 3.68. The molecule has 2 nitrogen and oxygen atoms in total. The van der Waals surface area contributed by atoms with Gasteiger partial charge in [-0.15, -0.1) is 0 Å². The van der Waals surface area contributed by atoms with E-state index in [2.05, 4.69) is 34.6 Å². The number of hydrogen-bond donors (Lipinski definition) is 0. The van der Waals surface area contributed by atoms with E-state index in [-0.39, 0.29) is 12.1 Å². The molecule has 0 radical (unpaired) electrons. The molecule has 5 fully saturated rings. The first-order valence-corrected chi connectivity index (χ1v) is 16.4. The van der Waals surface area contributed by atoms with Crippen molar-refractivity contribution in [2.45, 2.75) is 124 Å². The standard InChI is InChI=1S/C36H54O2/c1-24(11-18-32(25-12-13-25)38-33(37)26-9-7-6-8-10-26)29-16-17-30-28-15-14-27-23-34(2,3)21-22-35(27,4)31(28)19-20-36(29,30)5/h6-10,24-25,27-32H,11-23H2,1-5H3/t24-,27+,28+,29-,30+,31+,32-,35+,36-/m1/s1. The van der Waals surface area contributed by atoms with E-state index < -0.39 is 0 Å². The molecule has 5 aliphatic carbocycles. The number of fused-ring (bicyclic) bond motifs is 5. The molecule has 210 valence electrons. The van der Waals surface area contributed by atoms with Crippen LogP contribution in [0.15, 0.2) is 30.3 Å². The van der Waals surface area contributed by atoms with Gasteiger partial charge in [-0.1, -0.05) is 52.8 Å². The van der Waals surface area contributed by atoms with E-state index in [9.17, 15) is 4.79 Å². The summed E-state index contributed by atoms with van der Waals surface area (Å²) in [5.74, 6) is 5.88. The monoisotopic (exact) mass is 518 g/mol. The fraction of sp³-hybridized carbons (Fsp3) is 0.806. The number of hydrogen-bond acceptors (Lipinski definition) is 2. The van der Waals surface area contributed by atoms with Crippen LogP contribution in [0.3, 0.4) is 0 Å². The van der Waals surface area contributed by atoms with Crippen molar-refractivity contribution in [3.8, 4) is 0 Å². The van der Waals surface area contributed by atoms with Crippen LogP contribution < -0.4 is 0 Å². The van der Waals surface area contributed by atoms with Crippen molar-refractivity contribution >= 4 is 5.97 Å². The molecule has 0 heterocycles. The molecule has 5 aliphatic rings. The number of esters is 1. The fourth-order valence-electron chi connectivity index (χ4n) is 10.9. The molecule has 38 heavy (non-hydrogen) atoms. The number of ether oxygens (including phenoxy) is 1. The molecule has 0 aromatic heterocycles. The van der Waals surface area contributed by atoms with Gasteiger partial charge in [0.2, 0.25) is 0 Å². The van der Waals surface area contributed by atoms with E-state index in [1.54, 1.807) is 0 Å². The van der Waals surface area contributed by atoms with E-state index in [0.717, 1.165) is 41.9 Å². The Bertz CT molecular complexity index is 994. The van der Waals surface area contributed by atoms with Crippen LogP contribution in [-0.4, -0.2) is 12.1 Å². The zero-order chi connectivity index (χ0) is 26.7. The molecule has 0 N–H and O–H groups in total. The van der Waals surface area contributed by atoms with Gasteiger partial charge < -0.3 is 4.74 Å². The molecule has 1 aromatic rings. The summed E-state index contributed by atoms with van der Waals surface area (Å²) >= 11 is 0. The minimum atomic E-state index is -0.128. The van der Waals surface area contributed by atoms with Gasteiger partial charge in [0.1, 0.15) is 6.10 Å². The van der Waals surface area contributed by atoms with Crippen LogP contribution in [0.5, 0.6) is 0 Å². The lowest BCUT2D eigenvalue weighted by Crippen LogP contribution is -2.54. The van der Waals surface area contributed by atoms with Crippen LogP contribution in [-0.2, 0) is 4.74 Å². The van der Waals surface area contributed by atoms with E-state index in [1.165, 1.54) is 77.0 Å². The molecule has 0 aliphatic heterocycles. The summed E-state index contributed by atoms with van der Waals surface area (Å²) < 4.78 is 6.11. The van der Waals surface area contributed by atoms with E-state index in [1.807, 2.05) is 30.3 Å². The van der Waals surface area contributed by atoms with Gasteiger partial charge in [-0.25, -0.2) is 4.79 Å². The number of benzene rings is 1. The normalized spacial score (nSPS) is 41.3. The Morgan fingerprint density at radius 3 is 2.32 bits per heavy atom. The van der Waals surface area contributed by atoms with Gasteiger partial charge >= 0.3 is 5.97 Å². The third kappa shape index (κ3) is 4.79. The lowest BCUT2D eigenvalue weighted by atomic mass is 9.43. The van der Waals surface area contributed by atoms with Crippen molar-refractivity contribution in [3.05, 3.63) is 35.9 Å². The van der Waals surface area contributed by atoms with Crippen LogP contribution >= 0.6 is 0 Å². The minimum Gasteiger partial charge on any atom is -0.458 e. The van der Waals surface area contributed by atoms with E-state index >= 15 is 0 Å². The van der Waals surface area contributed by atoms with Crippen LogP contribution in [0.4, 0.5) is 0 Å². The number of rotatable bonds is 7. The molecular formula is C36H54O2. The molecule has 2 heteroatoms. The summed E-state index contributed by atoms with van der Waals surface area (Å²) in [5, 5.41) is 0. The number of carbonyl (C=O) groups is 1. The Balaban J connectivity index is 1.09. The minimum absolute atomic E-state index is 0.108. The molecule has 0 amide bonds. The Labute approximate surface area is 233 Å². The molecule has 5 saturated carbocycles. The van der Waals surface area contributed by atoms with Gasteiger partial charge in [-0.3, -0.25) is 0 Å². The summed E-state index contributed by atoms with van der Waals surface area (Å²) in [5.41, 5.74) is 2.37. The largest absolute Gasteiger partial charge is 0.458 e. The van der Waals surface area contributed by atoms with Crippen molar-refractivity contribution in [3.63, 3.8) is 0 Å². The van der Waals surface area contributed by atoms with Crippen LogP contribution in [0.25, 0.3) is 0 Å². The summed E-state index contributed by atoms with van der Waals surface area (Å²) in [6, 6.07) is 9.58. The zero-order valence-corrected chi connectivity index (χ0v) is 25.0. The number of carbonyl (C=O) groups excluding carboxylic acids is 1. The SMILES string of the molecule is C[C@H](CC[C@@H](OC(=O)c1ccccc1)C1CC1)[C@H]1CC[C@H]2[C@@H]3CC[C@H]4CC(C)(C)CC[C@]4(C)[C@H]3CC[C@]12C. The molecule has 0 saturated heterocycles. The van der Waals surface area contributed by atoms with Gasteiger partial charge in [0.05, 0.1) is 5.56 Å². The smallest absolute Gasteiger partial charge is 0.338 e. The summed E-state index contributed by atoms with van der Waals surface area (Å²) in [7, 11) is 0. The Morgan fingerprint density at radius 2 is 1.58 bits per heavy atom. The first kappa shape index (κ1) is 26.9. The van der Waals surface area contributed by atoms with Crippen molar-refractivity contribution < 1.29 is 9.53 Å². The highest BCUT2D eigenvalue weighted by atomic mass is 16.5. The topological polar surface area (TPSA) is 26.3 Å². The van der Waals surface area contributed by atoms with Crippen molar-refractivity contribution in [1.82, 2.24) is 0 Å². The molecular weight excluding hydrogens is 464 g/mol. The first-order valence-electron chi connectivity index (χ1n) is 16.4. The molecule has 6 rings (SSSR count). The quantitative estimate of drug-likeness (QED) is 0.336. The molecule has 0 spiro atoms. The van der Waals surface area contributed by atoms with Crippen LogP contribution in [0, 0.1) is 57.7 Å². The first-order chi connectivity index (χ1) is 18.1. The summed E-state index contributed by atoms with van der Waals surface area (Å²) in [6.45, 7) is 13.0. The van der Waals surface area contributed by atoms with Gasteiger partial charge in [-0.05, 0) is 153 Å². The van der Waals surface area contributed by atoms with E-state index in [0.29, 0.717) is 27.7 Å². The summed E-state index contributed by atoms with van der Waals surface area (Å²) in [4.78, 5) is 12.8. The fourth-order valence-corrected chi connectivity index (χ4v) is 10.9.